The van der Waals surface area contributed by atoms with Gasteiger partial charge in [-0.25, -0.2) is 9.07 Å². The number of carbonyl (C=O) groups excluding carboxylic acids is 1. The molecular formula is C14H16ClFN4O2. The highest BCUT2D eigenvalue weighted by Gasteiger charge is 2.19. The van der Waals surface area contributed by atoms with E-state index < -0.39 is 11.7 Å². The molecule has 0 aliphatic heterocycles. The van der Waals surface area contributed by atoms with Gasteiger partial charge >= 0.3 is 0 Å². The van der Waals surface area contributed by atoms with Crippen molar-refractivity contribution in [2.24, 2.45) is 0 Å². The highest BCUT2D eigenvalue weighted by Crippen LogP contribution is 2.20. The third-order valence-corrected chi connectivity index (χ3v) is 3.60. The number of amides is 1. The van der Waals surface area contributed by atoms with Crippen molar-refractivity contribution < 1.29 is 14.3 Å². The summed E-state index contributed by atoms with van der Waals surface area (Å²) in [5.41, 5.74) is 1.14. The molecule has 0 bridgehead atoms. The molecule has 0 spiro atoms. The van der Waals surface area contributed by atoms with E-state index in [1.54, 1.807) is 6.92 Å². The summed E-state index contributed by atoms with van der Waals surface area (Å²) in [5.74, 6) is -0.951. The van der Waals surface area contributed by atoms with Gasteiger partial charge in [0.2, 0.25) is 0 Å². The molecule has 0 aliphatic rings. The summed E-state index contributed by atoms with van der Waals surface area (Å²) < 4.78 is 14.6. The Hall–Kier alpha value is -1.99. The first-order chi connectivity index (χ1) is 10.5. The van der Waals surface area contributed by atoms with Crippen LogP contribution in [0.15, 0.2) is 18.2 Å². The van der Waals surface area contributed by atoms with E-state index in [0.29, 0.717) is 17.8 Å². The molecule has 1 atom stereocenters. The maximum atomic E-state index is 13.2. The lowest BCUT2D eigenvalue weighted by molar-refractivity contribution is 0.0909. The molecule has 0 aliphatic carbocycles. The number of carbonyl (C=O) groups is 1. The predicted octanol–water partition coefficient (Wildman–Crippen LogP) is 1.87. The summed E-state index contributed by atoms with van der Waals surface area (Å²) in [6, 6.07) is 3.78. The minimum absolute atomic E-state index is 0.0373. The lowest BCUT2D eigenvalue weighted by Gasteiger charge is -2.12. The number of aromatic nitrogens is 3. The Kier molecular flexibility index (Phi) is 5.10. The molecule has 6 nitrogen and oxygen atoms in total. The fraction of sp³-hybridized carbons (Fsp3) is 0.357. The summed E-state index contributed by atoms with van der Waals surface area (Å²) in [6.07, 6.45) is 0.600. The molecule has 2 N–H and O–H groups in total. The van der Waals surface area contributed by atoms with E-state index in [2.05, 4.69) is 15.6 Å². The number of hydrogen-bond acceptors (Lipinski definition) is 4. The highest BCUT2D eigenvalue weighted by atomic mass is 35.5. The fourth-order valence-electron chi connectivity index (χ4n) is 1.93. The monoisotopic (exact) mass is 326 g/mol. The number of benzene rings is 1. The van der Waals surface area contributed by atoms with E-state index in [0.717, 1.165) is 0 Å². The third kappa shape index (κ3) is 3.26. The zero-order valence-electron chi connectivity index (χ0n) is 12.2. The maximum absolute atomic E-state index is 13.2. The van der Waals surface area contributed by atoms with Crippen molar-refractivity contribution in [3.8, 4) is 5.69 Å². The summed E-state index contributed by atoms with van der Waals surface area (Å²) >= 11 is 5.75. The van der Waals surface area contributed by atoms with Gasteiger partial charge < -0.3 is 10.4 Å². The first-order valence-electron chi connectivity index (χ1n) is 6.77. The van der Waals surface area contributed by atoms with Crippen LogP contribution in [0.1, 0.15) is 29.5 Å². The van der Waals surface area contributed by atoms with Crippen molar-refractivity contribution in [1.29, 1.82) is 0 Å². The lowest BCUT2D eigenvalue weighted by Crippen LogP contribution is -2.37. The molecule has 118 valence electrons. The van der Waals surface area contributed by atoms with E-state index in [1.807, 2.05) is 6.92 Å². The Labute approximate surface area is 131 Å². The van der Waals surface area contributed by atoms with Crippen LogP contribution in [0.25, 0.3) is 5.69 Å². The van der Waals surface area contributed by atoms with E-state index in [1.165, 1.54) is 22.9 Å². The van der Waals surface area contributed by atoms with Crippen LogP contribution in [0, 0.1) is 12.7 Å². The molecule has 2 aromatic rings. The second-order valence-corrected chi connectivity index (χ2v) is 5.20. The Bertz CT molecular complexity index is 685. The molecule has 1 unspecified atom stereocenters. The quantitative estimate of drug-likeness (QED) is 0.879. The van der Waals surface area contributed by atoms with Crippen LogP contribution < -0.4 is 5.32 Å². The van der Waals surface area contributed by atoms with E-state index in [9.17, 15) is 9.18 Å². The minimum atomic E-state index is -0.533. The van der Waals surface area contributed by atoms with Gasteiger partial charge in [-0.3, -0.25) is 4.79 Å². The fourth-order valence-corrected chi connectivity index (χ4v) is 2.11. The van der Waals surface area contributed by atoms with Crippen molar-refractivity contribution in [2.45, 2.75) is 26.3 Å². The van der Waals surface area contributed by atoms with Gasteiger partial charge in [0, 0.05) is 0 Å². The molecule has 22 heavy (non-hydrogen) atoms. The summed E-state index contributed by atoms with van der Waals surface area (Å²) in [5, 5.41) is 19.5. The predicted molar refractivity (Wildman–Crippen MR) is 79.7 cm³/mol. The van der Waals surface area contributed by atoms with E-state index >= 15 is 0 Å². The molecule has 1 heterocycles. The van der Waals surface area contributed by atoms with Crippen molar-refractivity contribution >= 4 is 17.5 Å². The van der Waals surface area contributed by atoms with Crippen molar-refractivity contribution in [3.63, 3.8) is 0 Å². The van der Waals surface area contributed by atoms with Crippen LogP contribution in [-0.4, -0.2) is 38.7 Å². The average molecular weight is 327 g/mol. The van der Waals surface area contributed by atoms with Gasteiger partial charge in [0.25, 0.3) is 5.91 Å². The highest BCUT2D eigenvalue weighted by molar-refractivity contribution is 6.30. The Morgan fingerprint density at radius 1 is 1.55 bits per heavy atom. The standard InChI is InChI=1S/C14H16ClFN4O2/c1-3-9(7-21)17-14(22)13-8(2)20(19-18-13)10-4-5-12(16)11(15)6-10/h4-6,9,21H,3,7H2,1-2H3,(H,17,22). The Morgan fingerprint density at radius 3 is 2.86 bits per heavy atom. The van der Waals surface area contributed by atoms with Crippen LogP contribution in [0.4, 0.5) is 4.39 Å². The van der Waals surface area contributed by atoms with E-state index in [-0.39, 0.29) is 23.4 Å². The number of hydrogen-bond donors (Lipinski definition) is 2. The minimum Gasteiger partial charge on any atom is -0.394 e. The van der Waals surface area contributed by atoms with Gasteiger partial charge in [-0.1, -0.05) is 23.7 Å². The average Bonchev–Trinajstić information content (AvgIpc) is 2.89. The Balaban J connectivity index is 2.29. The number of nitrogens with zero attached hydrogens (tertiary/aromatic N) is 3. The molecule has 2 rings (SSSR count). The SMILES string of the molecule is CCC(CO)NC(=O)c1nnn(-c2ccc(F)c(Cl)c2)c1C. The zero-order chi connectivity index (χ0) is 16.3. The molecular weight excluding hydrogens is 311 g/mol. The van der Waals surface area contributed by atoms with Crippen LogP contribution in [-0.2, 0) is 0 Å². The molecule has 1 aromatic heterocycles. The number of rotatable bonds is 5. The van der Waals surface area contributed by atoms with Crippen molar-refractivity contribution in [3.05, 3.63) is 40.4 Å². The summed E-state index contributed by atoms with van der Waals surface area (Å²) in [6.45, 7) is 3.38. The van der Waals surface area contributed by atoms with Crippen LogP contribution in [0.3, 0.4) is 0 Å². The summed E-state index contributed by atoms with van der Waals surface area (Å²) in [4.78, 5) is 12.1. The molecule has 8 heteroatoms. The topological polar surface area (TPSA) is 80.0 Å². The lowest BCUT2D eigenvalue weighted by atomic mass is 10.2. The normalized spacial score (nSPS) is 12.2. The molecule has 1 aromatic carbocycles. The second kappa shape index (κ2) is 6.85. The Morgan fingerprint density at radius 2 is 2.27 bits per heavy atom. The smallest absolute Gasteiger partial charge is 0.274 e. The zero-order valence-corrected chi connectivity index (χ0v) is 12.9. The number of halogens is 2. The van der Waals surface area contributed by atoms with Crippen LogP contribution >= 0.6 is 11.6 Å². The number of aliphatic hydroxyl groups is 1. The summed E-state index contributed by atoms with van der Waals surface area (Å²) in [7, 11) is 0. The third-order valence-electron chi connectivity index (χ3n) is 3.31. The first kappa shape index (κ1) is 16.4. The number of aliphatic hydroxyl groups excluding tert-OH is 1. The van der Waals surface area contributed by atoms with Gasteiger partial charge in [-0.05, 0) is 31.5 Å². The molecule has 0 fully saturated rings. The van der Waals surface area contributed by atoms with Gasteiger partial charge in [-0.2, -0.15) is 0 Å². The van der Waals surface area contributed by atoms with Gasteiger partial charge in [0.05, 0.1) is 29.1 Å². The van der Waals surface area contributed by atoms with Crippen LogP contribution in [0.5, 0.6) is 0 Å². The van der Waals surface area contributed by atoms with Crippen molar-refractivity contribution in [1.82, 2.24) is 20.3 Å². The van der Waals surface area contributed by atoms with Crippen LogP contribution in [0.2, 0.25) is 5.02 Å². The van der Waals surface area contributed by atoms with Gasteiger partial charge in [-0.15, -0.1) is 5.10 Å². The molecule has 0 saturated carbocycles. The maximum Gasteiger partial charge on any atom is 0.274 e. The van der Waals surface area contributed by atoms with E-state index in [4.69, 9.17) is 16.7 Å². The van der Waals surface area contributed by atoms with Gasteiger partial charge in [0.15, 0.2) is 5.69 Å². The number of nitrogens with one attached hydrogen (secondary N) is 1. The first-order valence-corrected chi connectivity index (χ1v) is 7.15. The molecule has 0 saturated heterocycles. The molecule has 0 radical (unpaired) electrons. The second-order valence-electron chi connectivity index (χ2n) is 4.79. The van der Waals surface area contributed by atoms with Crippen molar-refractivity contribution in [2.75, 3.05) is 6.61 Å². The largest absolute Gasteiger partial charge is 0.394 e. The molecule has 1 amide bonds. The van der Waals surface area contributed by atoms with Gasteiger partial charge in [0.1, 0.15) is 5.82 Å².